The van der Waals surface area contributed by atoms with Crippen molar-refractivity contribution in [3.63, 3.8) is 0 Å². The van der Waals surface area contributed by atoms with Crippen LogP contribution in [-0.4, -0.2) is 41.0 Å². The third-order valence-electron chi connectivity index (χ3n) is 6.07. The molecule has 1 amide bonds. The van der Waals surface area contributed by atoms with E-state index in [-0.39, 0.29) is 36.7 Å². The first-order valence-corrected chi connectivity index (χ1v) is 11.0. The van der Waals surface area contributed by atoms with Gasteiger partial charge in [0.2, 0.25) is 5.91 Å². The molecule has 0 N–H and O–H groups in total. The van der Waals surface area contributed by atoms with Crippen LogP contribution in [-0.2, 0) is 27.0 Å². The number of carbonyl (C=O) groups is 2. The molecule has 0 radical (unpaired) electrons. The van der Waals surface area contributed by atoms with Gasteiger partial charge in [0.05, 0.1) is 18.6 Å². The van der Waals surface area contributed by atoms with Crippen LogP contribution in [0.25, 0.3) is 0 Å². The minimum absolute atomic E-state index is 0.0233. The fourth-order valence-electron chi connectivity index (χ4n) is 4.29. The molecular weight excluding hydrogens is 456 g/mol. The molecule has 2 heterocycles. The first-order valence-electron chi connectivity index (χ1n) is 11.0. The molecule has 6 nitrogen and oxygen atoms in total. The van der Waals surface area contributed by atoms with E-state index in [2.05, 4.69) is 0 Å². The molecule has 0 bridgehead atoms. The number of halogens is 4. The number of hydrogen-bond donors (Lipinski definition) is 0. The number of likely N-dealkylation sites (tertiary alicyclic amines) is 1. The topological polar surface area (TPSA) is 68.6 Å². The van der Waals surface area contributed by atoms with Gasteiger partial charge >= 0.3 is 12.1 Å². The maximum atomic E-state index is 13.4. The summed E-state index contributed by atoms with van der Waals surface area (Å²) in [5, 5.41) is 0. The van der Waals surface area contributed by atoms with Gasteiger partial charge in [-0.1, -0.05) is 12.1 Å². The molecule has 0 saturated carbocycles. The Morgan fingerprint density at radius 2 is 1.74 bits per heavy atom. The Morgan fingerprint density at radius 1 is 1.09 bits per heavy atom. The van der Waals surface area contributed by atoms with E-state index in [9.17, 15) is 31.9 Å². The normalized spacial score (nSPS) is 15.7. The largest absolute Gasteiger partial charge is 0.466 e. The van der Waals surface area contributed by atoms with Gasteiger partial charge in [0.25, 0.3) is 5.56 Å². The van der Waals surface area contributed by atoms with Gasteiger partial charge in [0.1, 0.15) is 12.4 Å². The van der Waals surface area contributed by atoms with Crippen LogP contribution >= 0.6 is 0 Å². The zero-order valence-electron chi connectivity index (χ0n) is 18.7. The van der Waals surface area contributed by atoms with E-state index in [1.807, 2.05) is 0 Å². The Bertz CT molecular complexity index is 1060. The molecule has 1 aromatic heterocycles. The lowest BCUT2D eigenvalue weighted by Gasteiger charge is -2.36. The van der Waals surface area contributed by atoms with Crippen molar-refractivity contribution in [1.29, 1.82) is 0 Å². The number of hydrogen-bond acceptors (Lipinski definition) is 4. The summed E-state index contributed by atoms with van der Waals surface area (Å²) in [4.78, 5) is 38.3. The summed E-state index contributed by atoms with van der Waals surface area (Å²) in [6, 6.07) is 7.42. The fourth-order valence-corrected chi connectivity index (χ4v) is 4.29. The quantitative estimate of drug-likeness (QED) is 0.442. The van der Waals surface area contributed by atoms with Gasteiger partial charge in [0, 0.05) is 25.4 Å². The predicted octanol–water partition coefficient (Wildman–Crippen LogP) is 3.98. The molecule has 0 unspecified atom stereocenters. The number of amides is 1. The average Bonchev–Trinajstić information content (AvgIpc) is 2.79. The number of aromatic nitrogens is 1. The van der Waals surface area contributed by atoms with Gasteiger partial charge in [-0.3, -0.25) is 14.4 Å². The van der Waals surface area contributed by atoms with Gasteiger partial charge in [-0.25, -0.2) is 4.39 Å². The number of benzene rings is 1. The Morgan fingerprint density at radius 3 is 2.32 bits per heavy atom. The summed E-state index contributed by atoms with van der Waals surface area (Å²) < 4.78 is 58.1. The lowest BCUT2D eigenvalue weighted by molar-refractivity contribution is -0.144. The second-order valence-corrected chi connectivity index (χ2v) is 8.27. The van der Waals surface area contributed by atoms with Gasteiger partial charge < -0.3 is 14.2 Å². The lowest BCUT2D eigenvalue weighted by Crippen LogP contribution is -2.42. The number of rotatable bonds is 7. The van der Waals surface area contributed by atoms with Crippen LogP contribution in [0.15, 0.2) is 47.4 Å². The summed E-state index contributed by atoms with van der Waals surface area (Å²) in [6.45, 7) is 2.13. The molecule has 1 atom stereocenters. The lowest BCUT2D eigenvalue weighted by atomic mass is 9.78. The monoisotopic (exact) mass is 482 g/mol. The van der Waals surface area contributed by atoms with Crippen molar-refractivity contribution in [2.75, 3.05) is 19.7 Å². The third kappa shape index (κ3) is 6.45. The van der Waals surface area contributed by atoms with Gasteiger partial charge in [0.15, 0.2) is 0 Å². The fraction of sp³-hybridized carbons (Fsp3) is 0.458. The van der Waals surface area contributed by atoms with Crippen molar-refractivity contribution in [1.82, 2.24) is 9.47 Å². The van der Waals surface area contributed by atoms with Gasteiger partial charge in [-0.05, 0) is 55.4 Å². The van der Waals surface area contributed by atoms with Crippen LogP contribution in [0.5, 0.6) is 0 Å². The van der Waals surface area contributed by atoms with Crippen molar-refractivity contribution >= 4 is 11.9 Å². The van der Waals surface area contributed by atoms with Crippen LogP contribution in [0.4, 0.5) is 17.6 Å². The molecular formula is C24H26F4N2O4. The van der Waals surface area contributed by atoms with Crippen molar-refractivity contribution < 1.29 is 31.9 Å². The molecule has 1 aliphatic rings. The predicted molar refractivity (Wildman–Crippen MR) is 115 cm³/mol. The molecule has 184 valence electrons. The molecule has 10 heteroatoms. The second kappa shape index (κ2) is 10.8. The summed E-state index contributed by atoms with van der Waals surface area (Å²) in [6.07, 6.45) is -2.75. The van der Waals surface area contributed by atoms with Crippen LogP contribution < -0.4 is 5.56 Å². The highest BCUT2D eigenvalue weighted by atomic mass is 19.4. The van der Waals surface area contributed by atoms with Crippen LogP contribution in [0.2, 0.25) is 0 Å². The first-order chi connectivity index (χ1) is 16.1. The van der Waals surface area contributed by atoms with Crippen LogP contribution in [0, 0.1) is 11.7 Å². The zero-order chi connectivity index (χ0) is 24.9. The number of esters is 1. The Balaban J connectivity index is 1.67. The number of ether oxygens (including phenoxy) is 1. The number of pyridine rings is 1. The van der Waals surface area contributed by atoms with Crippen molar-refractivity contribution in [3.8, 4) is 0 Å². The molecule has 1 aliphatic heterocycles. The van der Waals surface area contributed by atoms with Crippen LogP contribution in [0.1, 0.15) is 43.2 Å². The molecule has 1 aromatic carbocycles. The summed E-state index contributed by atoms with van der Waals surface area (Å²) >= 11 is 0. The maximum absolute atomic E-state index is 13.4. The highest BCUT2D eigenvalue weighted by molar-refractivity contribution is 5.76. The van der Waals surface area contributed by atoms with E-state index in [4.69, 9.17) is 4.74 Å². The minimum Gasteiger partial charge on any atom is -0.466 e. The molecule has 0 aliphatic carbocycles. The van der Waals surface area contributed by atoms with Crippen molar-refractivity contribution in [2.24, 2.45) is 5.92 Å². The molecule has 2 aromatic rings. The van der Waals surface area contributed by atoms with Crippen molar-refractivity contribution in [2.45, 2.75) is 44.8 Å². The van der Waals surface area contributed by atoms with E-state index in [1.165, 1.54) is 17.0 Å². The van der Waals surface area contributed by atoms with E-state index < -0.39 is 29.8 Å². The number of alkyl halides is 3. The number of carbonyl (C=O) groups excluding carboxylic acids is 2. The van der Waals surface area contributed by atoms with E-state index >= 15 is 0 Å². The van der Waals surface area contributed by atoms with Gasteiger partial charge in [-0.2, -0.15) is 13.2 Å². The summed E-state index contributed by atoms with van der Waals surface area (Å²) in [5.41, 5.74) is -0.892. The summed E-state index contributed by atoms with van der Waals surface area (Å²) in [7, 11) is 0. The van der Waals surface area contributed by atoms with Crippen molar-refractivity contribution in [3.05, 3.63) is 69.9 Å². The first kappa shape index (κ1) is 25.5. The number of nitrogens with zero attached hydrogens (tertiary/aromatic N) is 2. The Hall–Kier alpha value is -3.17. The Labute approximate surface area is 194 Å². The Kier molecular flexibility index (Phi) is 8.11. The molecule has 0 spiro atoms. The van der Waals surface area contributed by atoms with E-state index in [1.54, 1.807) is 19.1 Å². The highest BCUT2D eigenvalue weighted by Gasteiger charge is 2.33. The average molecular weight is 482 g/mol. The zero-order valence-corrected chi connectivity index (χ0v) is 18.7. The van der Waals surface area contributed by atoms with Gasteiger partial charge in [-0.15, -0.1) is 0 Å². The standard InChI is InChI=1S/C24H26F4N2O4/c1-2-34-23(33)13-20(16-3-6-19(25)7-4-16)17-9-11-29(12-10-17)22(32)15-30-14-18(24(26,27)28)5-8-21(30)31/h3-8,14,17,20H,2,9-13,15H2,1H3/t20-/m0/s1. The van der Waals surface area contributed by atoms with Crippen LogP contribution in [0.3, 0.4) is 0 Å². The van der Waals surface area contributed by atoms with E-state index in [0.717, 1.165) is 16.2 Å². The SMILES string of the molecule is CCOC(=O)C[C@@H](c1ccc(F)cc1)C1CCN(C(=O)Cn2cc(C(F)(F)F)ccc2=O)CC1. The minimum atomic E-state index is -4.62. The highest BCUT2D eigenvalue weighted by Crippen LogP contribution is 2.36. The molecule has 34 heavy (non-hydrogen) atoms. The van der Waals surface area contributed by atoms with E-state index in [0.29, 0.717) is 38.2 Å². The maximum Gasteiger partial charge on any atom is 0.417 e. The second-order valence-electron chi connectivity index (χ2n) is 8.27. The molecule has 3 rings (SSSR count). The third-order valence-corrected chi connectivity index (χ3v) is 6.07. The smallest absolute Gasteiger partial charge is 0.417 e. The molecule has 1 fully saturated rings. The molecule has 1 saturated heterocycles. The summed E-state index contributed by atoms with van der Waals surface area (Å²) in [5.74, 6) is -1.40. The number of piperidine rings is 1.